The molecule has 4 aromatic rings. The third kappa shape index (κ3) is 3.44. The van der Waals surface area contributed by atoms with Crippen molar-refractivity contribution in [1.29, 1.82) is 0 Å². The maximum atomic E-state index is 14.3. The van der Waals surface area contributed by atoms with Gasteiger partial charge in [-0.05, 0) is 36.8 Å². The Labute approximate surface area is 165 Å². The number of hydrogen-bond acceptors (Lipinski definition) is 4. The van der Waals surface area contributed by atoms with E-state index in [4.69, 9.17) is 5.10 Å². The molecular weight excluding hydrogens is 373 g/mol. The molecule has 28 heavy (non-hydrogen) atoms. The number of thiazole rings is 1. The average molecular weight is 391 g/mol. The molecule has 2 aromatic heterocycles. The topological polar surface area (TPSA) is 47.5 Å². The van der Waals surface area contributed by atoms with Gasteiger partial charge in [-0.2, -0.15) is 5.10 Å². The van der Waals surface area contributed by atoms with Gasteiger partial charge in [-0.3, -0.25) is 4.99 Å². The highest BCUT2D eigenvalue weighted by Gasteiger charge is 2.12. The Morgan fingerprint density at radius 3 is 2.57 bits per heavy atom. The molecule has 2 heterocycles. The van der Waals surface area contributed by atoms with Crippen LogP contribution in [0, 0.1) is 5.82 Å². The van der Waals surface area contributed by atoms with E-state index in [0.717, 1.165) is 17.0 Å². The lowest BCUT2D eigenvalue weighted by atomic mass is 10.1. The summed E-state index contributed by atoms with van der Waals surface area (Å²) in [5.74, 6) is -0.283. The summed E-state index contributed by atoms with van der Waals surface area (Å²) < 4.78 is 17.9. The summed E-state index contributed by atoms with van der Waals surface area (Å²) in [6.45, 7) is 1.93. The molecule has 0 radical (unpaired) electrons. The first-order valence-corrected chi connectivity index (χ1v) is 9.58. The predicted molar refractivity (Wildman–Crippen MR) is 110 cm³/mol. The summed E-state index contributed by atoms with van der Waals surface area (Å²) in [6.07, 6.45) is 5.40. The monoisotopic (exact) mass is 391 g/mol. The molecule has 0 N–H and O–H groups in total. The van der Waals surface area contributed by atoms with Crippen LogP contribution in [-0.4, -0.2) is 27.0 Å². The highest BCUT2D eigenvalue weighted by atomic mass is 32.1. The van der Waals surface area contributed by atoms with Crippen LogP contribution in [-0.2, 0) is 0 Å². The van der Waals surface area contributed by atoms with E-state index in [1.165, 1.54) is 17.4 Å². The van der Waals surface area contributed by atoms with Crippen LogP contribution in [0.15, 0.2) is 82.7 Å². The zero-order valence-corrected chi connectivity index (χ0v) is 16.3. The molecule has 0 aliphatic carbocycles. The number of rotatable bonds is 4. The Kier molecular flexibility index (Phi) is 4.99. The third-order valence-corrected chi connectivity index (χ3v) is 5.27. The van der Waals surface area contributed by atoms with Gasteiger partial charge < -0.3 is 4.57 Å². The Morgan fingerprint density at radius 2 is 1.89 bits per heavy atom. The normalized spacial score (nSPS) is 12.5. The SMILES string of the molecule is CN=c1scc(-c2ccccc2F)n1/N=C(\C)c1ccc(-n2ccnc2)cc1. The maximum absolute atomic E-state index is 14.3. The van der Waals surface area contributed by atoms with Crippen molar-refractivity contribution in [2.45, 2.75) is 6.92 Å². The van der Waals surface area contributed by atoms with E-state index in [0.29, 0.717) is 16.1 Å². The second-order valence-corrected chi connectivity index (χ2v) is 6.96. The van der Waals surface area contributed by atoms with Crippen LogP contribution in [0.25, 0.3) is 16.9 Å². The van der Waals surface area contributed by atoms with Gasteiger partial charge in [-0.25, -0.2) is 14.1 Å². The second kappa shape index (κ2) is 7.74. The molecule has 140 valence electrons. The zero-order valence-electron chi connectivity index (χ0n) is 15.5. The minimum Gasteiger partial charge on any atom is -0.306 e. The molecule has 0 aliphatic heterocycles. The fourth-order valence-corrected chi connectivity index (χ4v) is 3.68. The van der Waals surface area contributed by atoms with Crippen LogP contribution in [0.3, 0.4) is 0 Å². The number of benzene rings is 2. The Balaban J connectivity index is 1.74. The van der Waals surface area contributed by atoms with E-state index >= 15 is 0 Å². The van der Waals surface area contributed by atoms with Crippen molar-refractivity contribution >= 4 is 17.0 Å². The molecule has 0 fully saturated rings. The Morgan fingerprint density at radius 1 is 1.11 bits per heavy atom. The van der Waals surface area contributed by atoms with Crippen molar-refractivity contribution in [2.24, 2.45) is 10.1 Å². The fraction of sp³-hybridized carbons (Fsp3) is 0.0952. The summed E-state index contributed by atoms with van der Waals surface area (Å²) >= 11 is 1.43. The van der Waals surface area contributed by atoms with Crippen molar-refractivity contribution < 1.29 is 4.39 Å². The van der Waals surface area contributed by atoms with Gasteiger partial charge in [0.15, 0.2) is 0 Å². The number of halogens is 1. The lowest BCUT2D eigenvalue weighted by molar-refractivity contribution is 0.629. The first-order valence-electron chi connectivity index (χ1n) is 8.70. The number of hydrogen-bond donors (Lipinski definition) is 0. The largest absolute Gasteiger partial charge is 0.306 e. The van der Waals surface area contributed by atoms with Gasteiger partial charge >= 0.3 is 0 Å². The van der Waals surface area contributed by atoms with E-state index in [1.54, 1.807) is 36.4 Å². The lowest BCUT2D eigenvalue weighted by Crippen LogP contribution is -2.14. The van der Waals surface area contributed by atoms with Crippen molar-refractivity contribution in [2.75, 3.05) is 7.05 Å². The third-order valence-electron chi connectivity index (χ3n) is 4.36. The zero-order chi connectivity index (χ0) is 19.5. The van der Waals surface area contributed by atoms with Crippen molar-refractivity contribution in [3.63, 3.8) is 0 Å². The Hall–Kier alpha value is -3.32. The molecule has 0 bridgehead atoms. The maximum Gasteiger partial charge on any atom is 0.205 e. The van der Waals surface area contributed by atoms with Gasteiger partial charge in [0.2, 0.25) is 4.80 Å². The van der Waals surface area contributed by atoms with Crippen LogP contribution in [0.5, 0.6) is 0 Å². The molecular formula is C21H18FN5S. The molecule has 2 aromatic carbocycles. The van der Waals surface area contributed by atoms with Crippen molar-refractivity contribution in [3.8, 4) is 16.9 Å². The minimum absolute atomic E-state index is 0.283. The summed E-state index contributed by atoms with van der Waals surface area (Å²) in [7, 11) is 1.71. The first kappa shape index (κ1) is 18.1. The van der Waals surface area contributed by atoms with Gasteiger partial charge in [-0.1, -0.05) is 24.3 Å². The smallest absolute Gasteiger partial charge is 0.205 e. The summed E-state index contributed by atoms with van der Waals surface area (Å²) in [6, 6.07) is 14.7. The van der Waals surface area contributed by atoms with Crippen LogP contribution in [0.2, 0.25) is 0 Å². The van der Waals surface area contributed by atoms with E-state index in [1.807, 2.05) is 53.4 Å². The molecule has 0 unspecified atom stereocenters. The average Bonchev–Trinajstić information content (AvgIpc) is 3.39. The van der Waals surface area contributed by atoms with Crippen molar-refractivity contribution in [1.82, 2.24) is 14.2 Å². The summed E-state index contributed by atoms with van der Waals surface area (Å²) in [5.41, 5.74) is 3.99. The second-order valence-electron chi connectivity index (χ2n) is 6.12. The molecule has 0 amide bonds. The first-order chi connectivity index (χ1) is 13.7. The molecule has 4 rings (SSSR count). The molecule has 0 atom stereocenters. The van der Waals surface area contributed by atoms with E-state index in [2.05, 4.69) is 9.98 Å². The van der Waals surface area contributed by atoms with Gasteiger partial charge in [0.1, 0.15) is 5.82 Å². The highest BCUT2D eigenvalue weighted by Crippen LogP contribution is 2.23. The van der Waals surface area contributed by atoms with E-state index in [-0.39, 0.29) is 5.82 Å². The van der Waals surface area contributed by atoms with E-state index in [9.17, 15) is 4.39 Å². The van der Waals surface area contributed by atoms with Gasteiger partial charge in [0.25, 0.3) is 0 Å². The standard InChI is InChI=1S/C21H18FN5S/c1-15(16-7-9-17(10-8-16)26-12-11-24-14-26)25-27-20(13-28-21(27)23-2)18-5-3-4-6-19(18)22/h3-14H,1-2H3/b23-21?,25-15+. The number of imidazole rings is 1. The molecule has 0 spiro atoms. The Bertz CT molecular complexity index is 1180. The highest BCUT2D eigenvalue weighted by molar-refractivity contribution is 7.07. The number of aromatic nitrogens is 3. The molecule has 0 aliphatic rings. The van der Waals surface area contributed by atoms with Gasteiger partial charge in [0.05, 0.1) is 17.7 Å². The minimum atomic E-state index is -0.283. The summed E-state index contributed by atoms with van der Waals surface area (Å²) in [4.78, 5) is 9.05. The van der Waals surface area contributed by atoms with Gasteiger partial charge in [-0.15, -0.1) is 11.3 Å². The molecule has 0 saturated carbocycles. The van der Waals surface area contributed by atoms with Crippen LogP contribution < -0.4 is 4.80 Å². The van der Waals surface area contributed by atoms with Crippen molar-refractivity contribution in [3.05, 3.63) is 88.8 Å². The van der Waals surface area contributed by atoms with E-state index < -0.39 is 0 Å². The van der Waals surface area contributed by atoms with Gasteiger partial charge in [0, 0.05) is 36.1 Å². The van der Waals surface area contributed by atoms with Crippen LogP contribution >= 0.6 is 11.3 Å². The quantitative estimate of drug-likeness (QED) is 0.477. The molecule has 5 nitrogen and oxygen atoms in total. The lowest BCUT2D eigenvalue weighted by Gasteiger charge is -2.08. The van der Waals surface area contributed by atoms with Crippen LogP contribution in [0.4, 0.5) is 4.39 Å². The molecule has 0 saturated heterocycles. The predicted octanol–water partition coefficient (Wildman–Crippen LogP) is 4.34. The molecule has 7 heteroatoms. The number of nitrogens with zero attached hydrogens (tertiary/aromatic N) is 5. The summed E-state index contributed by atoms with van der Waals surface area (Å²) in [5, 5.41) is 6.61. The van der Waals surface area contributed by atoms with Crippen LogP contribution in [0.1, 0.15) is 12.5 Å². The fourth-order valence-electron chi connectivity index (χ4n) is 2.90.